The quantitative estimate of drug-likeness (QED) is 0.757. The number of rotatable bonds is 6. The summed E-state index contributed by atoms with van der Waals surface area (Å²) in [6.45, 7) is 3.75. The largest absolute Gasteiger partial charge is 0.364 e. The first-order valence-corrected chi connectivity index (χ1v) is 6.06. The Morgan fingerprint density at radius 1 is 1.42 bits per heavy atom. The summed E-state index contributed by atoms with van der Waals surface area (Å²) >= 11 is 5.91. The van der Waals surface area contributed by atoms with Crippen LogP contribution in [0.3, 0.4) is 0 Å². The van der Waals surface area contributed by atoms with Crippen LogP contribution in [0.15, 0.2) is 0 Å². The minimum absolute atomic E-state index is 0.0475. The molecule has 0 saturated carbocycles. The van der Waals surface area contributed by atoms with Crippen molar-refractivity contribution >= 4 is 17.4 Å². The summed E-state index contributed by atoms with van der Waals surface area (Å²) in [5.74, 6) is -6.53. The van der Waals surface area contributed by atoms with Crippen LogP contribution in [0.5, 0.6) is 0 Å². The Bertz CT molecular complexity index is 474. The van der Waals surface area contributed by atoms with Gasteiger partial charge in [-0.05, 0) is 13.3 Å². The smallest absolute Gasteiger partial charge is 0.292 e. The van der Waals surface area contributed by atoms with E-state index < -0.39 is 24.6 Å². The van der Waals surface area contributed by atoms with Gasteiger partial charge in [-0.15, -0.1) is 0 Å². The van der Waals surface area contributed by atoms with Gasteiger partial charge in [0, 0.05) is 6.54 Å². The van der Waals surface area contributed by atoms with Gasteiger partial charge in [-0.25, -0.2) is 8.78 Å². The van der Waals surface area contributed by atoms with Gasteiger partial charge >= 0.3 is 12.3 Å². The summed E-state index contributed by atoms with van der Waals surface area (Å²) in [5, 5.41) is 4.11. The van der Waals surface area contributed by atoms with Crippen LogP contribution in [0.1, 0.15) is 25.2 Å². The topological polar surface area (TPSA) is 34.9 Å². The van der Waals surface area contributed by atoms with E-state index in [1.54, 1.807) is 13.8 Å². The van der Waals surface area contributed by atoms with Gasteiger partial charge < -0.3 is 0 Å². The molecule has 1 aromatic heterocycles. The van der Waals surface area contributed by atoms with Crippen LogP contribution in [0.4, 0.5) is 17.6 Å². The number of carbonyl (C=O) groups excluding carboxylic acids is 1. The van der Waals surface area contributed by atoms with E-state index >= 15 is 0 Å². The lowest BCUT2D eigenvalue weighted by molar-refractivity contribution is -0.166. The van der Waals surface area contributed by atoms with Gasteiger partial charge in [-0.2, -0.15) is 13.9 Å². The third kappa shape index (κ3) is 3.08. The highest BCUT2D eigenvalue weighted by Gasteiger charge is 2.48. The molecule has 0 aliphatic heterocycles. The third-order valence-electron chi connectivity index (χ3n) is 2.67. The van der Waals surface area contributed by atoms with Gasteiger partial charge in [0.05, 0.1) is 22.8 Å². The molecule has 0 saturated heterocycles. The number of carbonyl (C=O) groups is 1. The van der Waals surface area contributed by atoms with Gasteiger partial charge in [-0.3, -0.25) is 9.48 Å². The first-order chi connectivity index (χ1) is 8.75. The zero-order valence-electron chi connectivity index (χ0n) is 10.4. The Morgan fingerprint density at radius 2 is 2.00 bits per heavy atom. The number of hydrogen-bond donors (Lipinski definition) is 0. The number of nitrogens with zero attached hydrogens (tertiary/aromatic N) is 2. The maximum absolute atomic E-state index is 12.9. The molecule has 3 nitrogen and oxygen atoms in total. The minimum Gasteiger partial charge on any atom is -0.292 e. The predicted octanol–water partition coefficient (Wildman–Crippen LogP) is 3.13. The molecular formula is C11H13ClF4N2O. The minimum atomic E-state index is -4.67. The lowest BCUT2D eigenvalue weighted by Crippen LogP contribution is -2.38. The molecule has 0 amide bonds. The first-order valence-electron chi connectivity index (χ1n) is 5.68. The highest BCUT2D eigenvalue weighted by atomic mass is 35.5. The Balaban J connectivity index is 3.06. The van der Waals surface area contributed by atoms with Crippen molar-refractivity contribution in [3.8, 4) is 0 Å². The van der Waals surface area contributed by atoms with Gasteiger partial charge in [0.2, 0.25) is 5.78 Å². The molecule has 1 rings (SSSR count). The van der Waals surface area contributed by atoms with E-state index in [0.29, 0.717) is 18.7 Å². The van der Waals surface area contributed by atoms with Gasteiger partial charge in [-0.1, -0.05) is 18.5 Å². The Labute approximate surface area is 112 Å². The Hall–Kier alpha value is -1.11. The van der Waals surface area contributed by atoms with Crippen LogP contribution in [0.2, 0.25) is 5.02 Å². The summed E-state index contributed by atoms with van der Waals surface area (Å²) in [7, 11) is 0. The van der Waals surface area contributed by atoms with Crippen LogP contribution in [-0.2, 0) is 24.2 Å². The van der Waals surface area contributed by atoms with E-state index in [1.807, 2.05) is 0 Å². The van der Waals surface area contributed by atoms with E-state index in [4.69, 9.17) is 11.6 Å². The maximum atomic E-state index is 12.9. The van der Waals surface area contributed by atoms with Crippen LogP contribution in [-0.4, -0.2) is 27.9 Å². The first kappa shape index (κ1) is 15.9. The molecule has 0 aliphatic carbocycles. The monoisotopic (exact) mass is 300 g/mol. The molecular weight excluding hydrogens is 288 g/mol. The normalized spacial score (nSPS) is 12.2. The molecule has 0 atom stereocenters. The molecule has 0 aliphatic rings. The standard InChI is InChI=1S/C11H13ClF4N2O/c1-3-6-9(12)7(18(4-2)17-6)5-8(19)11(15,16)10(13)14/h10H,3-5H2,1-2H3. The zero-order valence-corrected chi connectivity index (χ0v) is 11.1. The highest BCUT2D eigenvalue weighted by molar-refractivity contribution is 6.32. The van der Waals surface area contributed by atoms with E-state index in [9.17, 15) is 22.4 Å². The average molecular weight is 301 g/mol. The Kier molecular flexibility index (Phi) is 4.95. The van der Waals surface area contributed by atoms with Crippen molar-refractivity contribution in [3.63, 3.8) is 0 Å². The number of Topliss-reactive ketones (excluding diaryl/α,β-unsaturated/α-hetero) is 1. The van der Waals surface area contributed by atoms with E-state index in [2.05, 4.69) is 5.10 Å². The molecule has 0 aromatic carbocycles. The van der Waals surface area contributed by atoms with Crippen LogP contribution in [0, 0.1) is 0 Å². The van der Waals surface area contributed by atoms with E-state index in [0.717, 1.165) is 0 Å². The second kappa shape index (κ2) is 5.90. The summed E-state index contributed by atoms with van der Waals surface area (Å²) in [4.78, 5) is 11.3. The second-order valence-electron chi connectivity index (χ2n) is 3.90. The van der Waals surface area contributed by atoms with E-state index in [-0.39, 0.29) is 10.7 Å². The molecule has 1 aromatic rings. The number of hydrogen-bond acceptors (Lipinski definition) is 2. The number of alkyl halides is 4. The molecule has 0 unspecified atom stereocenters. The third-order valence-corrected chi connectivity index (χ3v) is 3.10. The molecule has 1 heterocycles. The van der Waals surface area contributed by atoms with Crippen LogP contribution < -0.4 is 0 Å². The van der Waals surface area contributed by atoms with Gasteiger partial charge in [0.15, 0.2) is 0 Å². The molecule has 0 bridgehead atoms. The van der Waals surface area contributed by atoms with Crippen molar-refractivity contribution in [3.05, 3.63) is 16.4 Å². The van der Waals surface area contributed by atoms with E-state index in [1.165, 1.54) is 4.68 Å². The van der Waals surface area contributed by atoms with Crippen molar-refractivity contribution in [2.24, 2.45) is 0 Å². The fourth-order valence-electron chi connectivity index (χ4n) is 1.58. The molecule has 0 radical (unpaired) electrons. The molecule has 8 heteroatoms. The molecule has 0 spiro atoms. The second-order valence-corrected chi connectivity index (χ2v) is 4.28. The average Bonchev–Trinajstić information content (AvgIpc) is 2.65. The lowest BCUT2D eigenvalue weighted by Gasteiger charge is -2.14. The van der Waals surface area contributed by atoms with Crippen molar-refractivity contribution in [1.82, 2.24) is 9.78 Å². The van der Waals surface area contributed by atoms with Gasteiger partial charge in [0.25, 0.3) is 0 Å². The summed E-state index contributed by atoms with van der Waals surface area (Å²) in [6.07, 6.45) is -4.43. The van der Waals surface area contributed by atoms with Crippen LogP contribution >= 0.6 is 11.6 Å². The SMILES string of the molecule is CCc1nn(CC)c(CC(=O)C(F)(F)C(F)F)c1Cl. The lowest BCUT2D eigenvalue weighted by atomic mass is 10.1. The van der Waals surface area contributed by atoms with Crippen molar-refractivity contribution in [2.75, 3.05) is 0 Å². The summed E-state index contributed by atoms with van der Waals surface area (Å²) < 4.78 is 51.3. The fraction of sp³-hybridized carbons (Fsp3) is 0.636. The molecule has 19 heavy (non-hydrogen) atoms. The van der Waals surface area contributed by atoms with Gasteiger partial charge in [0.1, 0.15) is 0 Å². The number of aryl methyl sites for hydroxylation is 2. The van der Waals surface area contributed by atoms with Crippen molar-refractivity contribution < 1.29 is 22.4 Å². The zero-order chi connectivity index (χ0) is 14.8. The Morgan fingerprint density at radius 3 is 2.42 bits per heavy atom. The maximum Gasteiger partial charge on any atom is 0.364 e. The molecule has 0 fully saturated rings. The number of halogens is 5. The van der Waals surface area contributed by atoms with Crippen LogP contribution in [0.25, 0.3) is 0 Å². The molecule has 108 valence electrons. The number of aromatic nitrogens is 2. The fourth-order valence-corrected chi connectivity index (χ4v) is 1.91. The van der Waals surface area contributed by atoms with Crippen molar-refractivity contribution in [1.29, 1.82) is 0 Å². The summed E-state index contributed by atoms with van der Waals surface area (Å²) in [6, 6.07) is 0. The summed E-state index contributed by atoms with van der Waals surface area (Å²) in [5.41, 5.74) is 0.498. The van der Waals surface area contributed by atoms with Crippen molar-refractivity contribution in [2.45, 2.75) is 45.6 Å². The predicted molar refractivity (Wildman–Crippen MR) is 62.0 cm³/mol. The molecule has 0 N–H and O–H groups in total. The number of ketones is 1. The highest BCUT2D eigenvalue weighted by Crippen LogP contribution is 2.28.